The first-order chi connectivity index (χ1) is 12.4. The van der Waals surface area contributed by atoms with Crippen molar-refractivity contribution in [1.29, 1.82) is 0 Å². The molecule has 2 aromatic carbocycles. The predicted molar refractivity (Wildman–Crippen MR) is 108 cm³/mol. The zero-order valence-corrected chi connectivity index (χ0v) is 15.3. The van der Waals surface area contributed by atoms with Gasteiger partial charge in [0.1, 0.15) is 5.75 Å². The second kappa shape index (κ2) is 12.1. The van der Waals surface area contributed by atoms with Crippen LogP contribution in [0, 0.1) is 0 Å². The highest BCUT2D eigenvalue weighted by Gasteiger charge is 1.95. The second-order valence-electron chi connectivity index (χ2n) is 6.27. The monoisotopic (exact) mass is 338 g/mol. The van der Waals surface area contributed by atoms with Crippen molar-refractivity contribution in [3.05, 3.63) is 60.2 Å². The van der Waals surface area contributed by atoms with Crippen LogP contribution in [0.4, 0.5) is 5.69 Å². The summed E-state index contributed by atoms with van der Waals surface area (Å²) < 4.78 is 5.80. The SMILES string of the molecule is CCCCCCCCCOc1ccc(C=NNc2ccccc2)cc1. The Morgan fingerprint density at radius 3 is 2.24 bits per heavy atom. The highest BCUT2D eigenvalue weighted by molar-refractivity contribution is 5.80. The number of rotatable bonds is 12. The van der Waals surface area contributed by atoms with Crippen LogP contribution in [0.2, 0.25) is 0 Å². The van der Waals surface area contributed by atoms with E-state index in [2.05, 4.69) is 17.5 Å². The van der Waals surface area contributed by atoms with Gasteiger partial charge >= 0.3 is 0 Å². The van der Waals surface area contributed by atoms with Crippen molar-refractivity contribution < 1.29 is 4.74 Å². The molecule has 3 heteroatoms. The fourth-order valence-corrected chi connectivity index (χ4v) is 2.59. The van der Waals surface area contributed by atoms with Crippen LogP contribution in [-0.4, -0.2) is 12.8 Å². The lowest BCUT2D eigenvalue weighted by Crippen LogP contribution is -1.97. The summed E-state index contributed by atoms with van der Waals surface area (Å²) in [7, 11) is 0. The van der Waals surface area contributed by atoms with Crippen molar-refractivity contribution in [3.8, 4) is 5.75 Å². The number of nitrogens with one attached hydrogen (secondary N) is 1. The lowest BCUT2D eigenvalue weighted by Gasteiger charge is -2.06. The summed E-state index contributed by atoms with van der Waals surface area (Å²) in [6, 6.07) is 18.0. The molecule has 0 aromatic heterocycles. The Balaban J connectivity index is 1.61. The molecule has 0 atom stereocenters. The average Bonchev–Trinajstić information content (AvgIpc) is 2.66. The maximum absolute atomic E-state index is 5.80. The number of hydrogen-bond acceptors (Lipinski definition) is 3. The highest BCUT2D eigenvalue weighted by atomic mass is 16.5. The normalized spacial score (nSPS) is 10.9. The van der Waals surface area contributed by atoms with E-state index in [1.54, 1.807) is 0 Å². The summed E-state index contributed by atoms with van der Waals surface area (Å²) in [6.45, 7) is 3.06. The summed E-state index contributed by atoms with van der Waals surface area (Å²) in [5.41, 5.74) is 5.04. The van der Waals surface area contributed by atoms with E-state index in [0.29, 0.717) is 0 Å². The molecule has 0 aliphatic carbocycles. The van der Waals surface area contributed by atoms with E-state index in [4.69, 9.17) is 4.74 Å². The molecule has 0 aliphatic heterocycles. The van der Waals surface area contributed by atoms with E-state index in [9.17, 15) is 0 Å². The molecular weight excluding hydrogens is 308 g/mol. The molecule has 0 aliphatic rings. The fourth-order valence-electron chi connectivity index (χ4n) is 2.59. The molecule has 0 saturated carbocycles. The first-order valence-corrected chi connectivity index (χ1v) is 9.45. The van der Waals surface area contributed by atoms with Gasteiger partial charge < -0.3 is 4.74 Å². The van der Waals surface area contributed by atoms with Crippen molar-refractivity contribution in [1.82, 2.24) is 0 Å². The van der Waals surface area contributed by atoms with Crippen LogP contribution in [0.3, 0.4) is 0 Å². The van der Waals surface area contributed by atoms with Crippen molar-refractivity contribution in [2.75, 3.05) is 12.0 Å². The third-order valence-electron chi connectivity index (χ3n) is 4.08. The van der Waals surface area contributed by atoms with Gasteiger partial charge in [0.05, 0.1) is 18.5 Å². The van der Waals surface area contributed by atoms with E-state index in [-0.39, 0.29) is 0 Å². The maximum atomic E-state index is 5.80. The summed E-state index contributed by atoms with van der Waals surface area (Å²) in [5, 5.41) is 4.24. The number of nitrogens with zero attached hydrogens (tertiary/aromatic N) is 1. The lowest BCUT2D eigenvalue weighted by molar-refractivity contribution is 0.304. The summed E-state index contributed by atoms with van der Waals surface area (Å²) in [5.74, 6) is 0.930. The van der Waals surface area contributed by atoms with Gasteiger partial charge in [0.2, 0.25) is 0 Å². The number of para-hydroxylation sites is 1. The molecule has 0 amide bonds. The minimum Gasteiger partial charge on any atom is -0.494 e. The van der Waals surface area contributed by atoms with Gasteiger partial charge in [-0.3, -0.25) is 5.43 Å². The third-order valence-corrected chi connectivity index (χ3v) is 4.08. The molecule has 1 N–H and O–H groups in total. The van der Waals surface area contributed by atoms with E-state index < -0.39 is 0 Å². The topological polar surface area (TPSA) is 33.6 Å². The molecule has 0 fully saturated rings. The van der Waals surface area contributed by atoms with Crippen molar-refractivity contribution >= 4 is 11.9 Å². The van der Waals surface area contributed by atoms with Crippen LogP contribution in [0.1, 0.15) is 57.4 Å². The molecule has 0 bridgehead atoms. The molecule has 0 saturated heterocycles. The van der Waals surface area contributed by atoms with Crippen molar-refractivity contribution in [2.45, 2.75) is 51.9 Å². The minimum atomic E-state index is 0.802. The van der Waals surface area contributed by atoms with E-state index in [0.717, 1.165) is 30.0 Å². The average molecular weight is 338 g/mol. The predicted octanol–water partition coefficient (Wildman–Crippen LogP) is 6.26. The zero-order chi connectivity index (χ0) is 17.6. The molecule has 134 valence electrons. The molecule has 0 unspecified atom stereocenters. The first kappa shape index (κ1) is 19.0. The number of hydrogen-bond donors (Lipinski definition) is 1. The van der Waals surface area contributed by atoms with Gasteiger partial charge in [-0.15, -0.1) is 0 Å². The number of benzene rings is 2. The van der Waals surface area contributed by atoms with Crippen LogP contribution in [-0.2, 0) is 0 Å². The lowest BCUT2D eigenvalue weighted by atomic mass is 10.1. The van der Waals surface area contributed by atoms with Gasteiger partial charge in [0.25, 0.3) is 0 Å². The number of ether oxygens (including phenoxy) is 1. The number of hydrazone groups is 1. The minimum absolute atomic E-state index is 0.802. The largest absolute Gasteiger partial charge is 0.494 e. The molecule has 0 radical (unpaired) electrons. The molecule has 2 rings (SSSR count). The second-order valence-corrected chi connectivity index (χ2v) is 6.27. The maximum Gasteiger partial charge on any atom is 0.119 e. The Morgan fingerprint density at radius 2 is 1.52 bits per heavy atom. The highest BCUT2D eigenvalue weighted by Crippen LogP contribution is 2.13. The standard InChI is InChI=1S/C22H30N2O/c1-2-3-4-5-6-7-11-18-25-22-16-14-20(15-17-22)19-23-24-21-12-9-8-10-13-21/h8-10,12-17,19,24H,2-7,11,18H2,1H3. The first-order valence-electron chi connectivity index (χ1n) is 9.45. The van der Waals surface area contributed by atoms with Crippen LogP contribution < -0.4 is 10.2 Å². The Labute approximate surface area is 152 Å². The molecular formula is C22H30N2O. The van der Waals surface area contributed by atoms with Crippen LogP contribution in [0.15, 0.2) is 59.7 Å². The Kier molecular flexibility index (Phi) is 9.24. The number of anilines is 1. The van der Waals surface area contributed by atoms with E-state index in [1.807, 2.05) is 60.8 Å². The Hall–Kier alpha value is -2.29. The molecule has 3 nitrogen and oxygen atoms in total. The molecule has 25 heavy (non-hydrogen) atoms. The van der Waals surface area contributed by atoms with Crippen LogP contribution in [0.25, 0.3) is 0 Å². The van der Waals surface area contributed by atoms with E-state index in [1.165, 1.54) is 38.5 Å². The summed E-state index contributed by atoms with van der Waals surface area (Å²) in [4.78, 5) is 0. The Bertz CT molecular complexity index is 593. The van der Waals surface area contributed by atoms with Gasteiger partial charge in [0, 0.05) is 0 Å². The van der Waals surface area contributed by atoms with Gasteiger partial charge in [0.15, 0.2) is 0 Å². The van der Waals surface area contributed by atoms with Gasteiger partial charge in [-0.25, -0.2) is 0 Å². The molecule has 2 aromatic rings. The van der Waals surface area contributed by atoms with Crippen molar-refractivity contribution in [2.24, 2.45) is 5.10 Å². The smallest absolute Gasteiger partial charge is 0.119 e. The van der Waals surface area contributed by atoms with Gasteiger partial charge in [-0.1, -0.05) is 63.6 Å². The van der Waals surface area contributed by atoms with Gasteiger partial charge in [-0.2, -0.15) is 5.10 Å². The van der Waals surface area contributed by atoms with Crippen LogP contribution >= 0.6 is 0 Å². The molecule has 0 heterocycles. The van der Waals surface area contributed by atoms with E-state index >= 15 is 0 Å². The summed E-state index contributed by atoms with van der Waals surface area (Å²) in [6.07, 6.45) is 11.0. The Morgan fingerprint density at radius 1 is 0.840 bits per heavy atom. The van der Waals surface area contributed by atoms with Gasteiger partial charge in [-0.05, 0) is 48.4 Å². The third kappa shape index (κ3) is 8.39. The van der Waals surface area contributed by atoms with Crippen molar-refractivity contribution in [3.63, 3.8) is 0 Å². The summed E-state index contributed by atoms with van der Waals surface area (Å²) >= 11 is 0. The quantitative estimate of drug-likeness (QED) is 0.281. The molecule has 0 spiro atoms. The number of unbranched alkanes of at least 4 members (excludes halogenated alkanes) is 6. The zero-order valence-electron chi connectivity index (χ0n) is 15.3. The fraction of sp³-hybridized carbons (Fsp3) is 0.409. The van der Waals surface area contributed by atoms with Crippen LogP contribution in [0.5, 0.6) is 5.75 Å².